The van der Waals surface area contributed by atoms with Gasteiger partial charge in [-0.2, -0.15) is 0 Å². The second-order valence-electron chi connectivity index (χ2n) is 4.17. The highest BCUT2D eigenvalue weighted by atomic mass is 16.6. The van der Waals surface area contributed by atoms with Crippen LogP contribution >= 0.6 is 0 Å². The summed E-state index contributed by atoms with van der Waals surface area (Å²) in [6.07, 6.45) is 0. The van der Waals surface area contributed by atoms with Crippen LogP contribution in [-0.4, -0.2) is 40.0 Å². The maximum atomic E-state index is 11.7. The predicted octanol–water partition coefficient (Wildman–Crippen LogP) is 1.14. The molecule has 1 fully saturated rings. The van der Waals surface area contributed by atoms with E-state index in [0.29, 0.717) is 5.69 Å². The fourth-order valence-corrected chi connectivity index (χ4v) is 1.67. The van der Waals surface area contributed by atoms with Gasteiger partial charge >= 0.3 is 12.0 Å². The third-order valence-electron chi connectivity index (χ3n) is 2.85. The van der Waals surface area contributed by atoms with Gasteiger partial charge in [-0.15, -0.1) is 0 Å². The number of nitrogens with one attached hydrogen (secondary N) is 1. The molecule has 1 aromatic carbocycles. The summed E-state index contributed by atoms with van der Waals surface area (Å²) in [5, 5.41) is 21.7. The molecule has 2 rings (SSSR count). The first-order valence-electron chi connectivity index (χ1n) is 5.50. The lowest BCUT2D eigenvalue weighted by Gasteiger charge is -2.36. The Morgan fingerprint density at radius 2 is 1.89 bits per heavy atom. The second-order valence-corrected chi connectivity index (χ2v) is 4.17. The Bertz CT molecular complexity index is 522. The van der Waals surface area contributed by atoms with Crippen LogP contribution in [0.4, 0.5) is 16.2 Å². The Labute approximate surface area is 107 Å². The Hall–Kier alpha value is -2.64. The number of urea groups is 1. The number of rotatable bonds is 3. The van der Waals surface area contributed by atoms with Gasteiger partial charge in [0.1, 0.15) is 0 Å². The number of carboxylic acids is 1. The summed E-state index contributed by atoms with van der Waals surface area (Å²) < 4.78 is 0. The highest BCUT2D eigenvalue weighted by Crippen LogP contribution is 2.19. The standard InChI is InChI=1S/C11H11N3O5/c15-10(16)7-5-13(6-7)11(17)12-8-1-3-9(4-2-8)14(18)19/h1-4,7H,5-6H2,(H,12,17)(H,15,16). The van der Waals surface area contributed by atoms with Crippen molar-refractivity contribution in [2.45, 2.75) is 0 Å². The number of amides is 2. The molecular weight excluding hydrogens is 254 g/mol. The summed E-state index contributed by atoms with van der Waals surface area (Å²) in [5.74, 6) is -1.43. The van der Waals surface area contributed by atoms with Gasteiger partial charge in [0.2, 0.25) is 0 Å². The first kappa shape index (κ1) is 12.8. The van der Waals surface area contributed by atoms with Crippen LogP contribution in [0.5, 0.6) is 0 Å². The molecule has 0 saturated carbocycles. The molecule has 2 N–H and O–H groups in total. The van der Waals surface area contributed by atoms with E-state index in [9.17, 15) is 19.7 Å². The molecule has 2 amide bonds. The van der Waals surface area contributed by atoms with Gasteiger partial charge in [0.05, 0.1) is 10.8 Å². The fraction of sp³-hybridized carbons (Fsp3) is 0.273. The Balaban J connectivity index is 1.89. The van der Waals surface area contributed by atoms with Gasteiger partial charge in [0.25, 0.3) is 5.69 Å². The highest BCUT2D eigenvalue weighted by Gasteiger charge is 2.35. The zero-order valence-corrected chi connectivity index (χ0v) is 9.78. The van der Waals surface area contributed by atoms with Crippen LogP contribution in [0.2, 0.25) is 0 Å². The molecule has 0 unspecified atom stereocenters. The van der Waals surface area contributed by atoms with Crippen molar-refractivity contribution in [1.29, 1.82) is 0 Å². The number of carbonyl (C=O) groups is 2. The van der Waals surface area contributed by atoms with Crippen molar-refractivity contribution >= 4 is 23.4 Å². The molecule has 0 bridgehead atoms. The van der Waals surface area contributed by atoms with Crippen LogP contribution in [0.15, 0.2) is 24.3 Å². The lowest BCUT2D eigenvalue weighted by molar-refractivity contribution is -0.384. The number of likely N-dealkylation sites (tertiary alicyclic amines) is 1. The number of carboxylic acid groups (broad SMARTS) is 1. The smallest absolute Gasteiger partial charge is 0.321 e. The second kappa shape index (κ2) is 4.92. The van der Waals surface area contributed by atoms with Crippen molar-refractivity contribution in [3.8, 4) is 0 Å². The van der Waals surface area contributed by atoms with Crippen LogP contribution in [0.25, 0.3) is 0 Å². The summed E-state index contributed by atoms with van der Waals surface area (Å²) in [7, 11) is 0. The number of carbonyl (C=O) groups excluding carboxylic acids is 1. The fourth-order valence-electron chi connectivity index (χ4n) is 1.67. The molecule has 0 atom stereocenters. The Morgan fingerprint density at radius 1 is 1.32 bits per heavy atom. The molecule has 8 nitrogen and oxygen atoms in total. The molecule has 1 heterocycles. The van der Waals surface area contributed by atoms with E-state index in [1.165, 1.54) is 29.2 Å². The summed E-state index contributed by atoms with van der Waals surface area (Å²) in [5.41, 5.74) is 0.363. The molecule has 19 heavy (non-hydrogen) atoms. The largest absolute Gasteiger partial charge is 0.481 e. The van der Waals surface area contributed by atoms with Crippen LogP contribution in [0, 0.1) is 16.0 Å². The normalized spacial score (nSPS) is 14.6. The molecule has 1 aromatic rings. The monoisotopic (exact) mass is 265 g/mol. The number of non-ortho nitro benzene ring substituents is 1. The molecule has 0 spiro atoms. The number of hydrogen-bond donors (Lipinski definition) is 2. The van der Waals surface area contributed by atoms with Gasteiger partial charge in [-0.05, 0) is 12.1 Å². The van der Waals surface area contributed by atoms with E-state index >= 15 is 0 Å². The molecule has 100 valence electrons. The van der Waals surface area contributed by atoms with Gasteiger partial charge in [0, 0.05) is 30.9 Å². The van der Waals surface area contributed by atoms with Crippen molar-refractivity contribution in [3.05, 3.63) is 34.4 Å². The third-order valence-corrected chi connectivity index (χ3v) is 2.85. The van der Waals surface area contributed by atoms with Gasteiger partial charge in [-0.25, -0.2) is 4.79 Å². The number of benzene rings is 1. The first-order valence-corrected chi connectivity index (χ1v) is 5.50. The van der Waals surface area contributed by atoms with Crippen molar-refractivity contribution in [2.24, 2.45) is 5.92 Å². The highest BCUT2D eigenvalue weighted by molar-refractivity contribution is 5.91. The zero-order valence-electron chi connectivity index (χ0n) is 9.78. The number of hydrogen-bond acceptors (Lipinski definition) is 4. The lowest BCUT2D eigenvalue weighted by atomic mass is 10.0. The minimum atomic E-state index is -0.917. The minimum Gasteiger partial charge on any atom is -0.481 e. The number of nitro benzene ring substituents is 1. The van der Waals surface area contributed by atoms with E-state index in [2.05, 4.69) is 5.32 Å². The van der Waals surface area contributed by atoms with E-state index in [1.807, 2.05) is 0 Å². The molecular formula is C11H11N3O5. The Kier molecular flexibility index (Phi) is 3.32. The van der Waals surface area contributed by atoms with Crippen molar-refractivity contribution in [2.75, 3.05) is 18.4 Å². The van der Waals surface area contributed by atoms with Crippen molar-refractivity contribution in [1.82, 2.24) is 4.90 Å². The maximum Gasteiger partial charge on any atom is 0.321 e. The molecule has 0 aliphatic carbocycles. The van der Waals surface area contributed by atoms with E-state index in [-0.39, 0.29) is 18.8 Å². The average molecular weight is 265 g/mol. The topological polar surface area (TPSA) is 113 Å². The Morgan fingerprint density at radius 3 is 2.37 bits per heavy atom. The van der Waals surface area contributed by atoms with E-state index < -0.39 is 22.8 Å². The number of aliphatic carboxylic acids is 1. The van der Waals surface area contributed by atoms with E-state index in [4.69, 9.17) is 5.11 Å². The summed E-state index contributed by atoms with van der Waals surface area (Å²) in [4.78, 5) is 33.5. The van der Waals surface area contributed by atoms with Crippen molar-refractivity contribution < 1.29 is 19.6 Å². The van der Waals surface area contributed by atoms with Crippen LogP contribution in [0.3, 0.4) is 0 Å². The third kappa shape index (κ3) is 2.79. The van der Waals surface area contributed by atoms with Gasteiger partial charge in [-0.3, -0.25) is 14.9 Å². The molecule has 8 heteroatoms. The zero-order chi connectivity index (χ0) is 14.0. The summed E-state index contributed by atoms with van der Waals surface area (Å²) >= 11 is 0. The van der Waals surface area contributed by atoms with Crippen molar-refractivity contribution in [3.63, 3.8) is 0 Å². The lowest BCUT2D eigenvalue weighted by Crippen LogP contribution is -2.54. The molecule has 1 saturated heterocycles. The molecule has 1 aliphatic heterocycles. The first-order chi connectivity index (χ1) is 8.97. The van der Waals surface area contributed by atoms with Gasteiger partial charge in [0.15, 0.2) is 0 Å². The average Bonchev–Trinajstić information content (AvgIpc) is 2.26. The molecule has 1 aliphatic rings. The maximum absolute atomic E-state index is 11.7. The summed E-state index contributed by atoms with van der Waals surface area (Å²) in [6, 6.07) is 5.00. The minimum absolute atomic E-state index is 0.0621. The van der Waals surface area contributed by atoms with E-state index in [1.54, 1.807) is 0 Å². The van der Waals surface area contributed by atoms with Crippen LogP contribution < -0.4 is 5.32 Å². The quantitative estimate of drug-likeness (QED) is 0.628. The predicted molar refractivity (Wildman–Crippen MR) is 64.8 cm³/mol. The SMILES string of the molecule is O=C(O)C1CN(C(=O)Nc2ccc([N+](=O)[O-])cc2)C1. The molecule has 0 radical (unpaired) electrons. The number of nitro groups is 1. The number of anilines is 1. The summed E-state index contributed by atoms with van der Waals surface area (Å²) in [6.45, 7) is 0.350. The number of nitrogens with zero attached hydrogens (tertiary/aromatic N) is 2. The van der Waals surface area contributed by atoms with Gasteiger partial charge < -0.3 is 15.3 Å². The van der Waals surface area contributed by atoms with Crippen LogP contribution in [-0.2, 0) is 4.79 Å². The van der Waals surface area contributed by atoms with Crippen LogP contribution in [0.1, 0.15) is 0 Å². The molecule has 0 aromatic heterocycles. The van der Waals surface area contributed by atoms with Gasteiger partial charge in [-0.1, -0.05) is 0 Å². The van der Waals surface area contributed by atoms with E-state index in [0.717, 1.165) is 0 Å².